The fourth-order valence-electron chi connectivity index (χ4n) is 4.22. The highest BCUT2D eigenvalue weighted by Crippen LogP contribution is 2.43. The molecule has 0 aromatic heterocycles. The Labute approximate surface area is 217 Å². The fraction of sp³-hybridized carbons (Fsp3) is 0.179. The van der Waals surface area contributed by atoms with E-state index < -0.39 is 23.7 Å². The summed E-state index contributed by atoms with van der Waals surface area (Å²) in [5, 5.41) is 11.3. The number of carbonyl (C=O) groups is 3. The van der Waals surface area contributed by atoms with Gasteiger partial charge in [-0.2, -0.15) is 0 Å². The van der Waals surface area contributed by atoms with Crippen LogP contribution < -0.4 is 9.64 Å². The first-order valence-corrected chi connectivity index (χ1v) is 12.0. The second kappa shape index (κ2) is 10.4. The standard InChI is InChI=1S/C28H24BrNO6/c1-4-16-8-10-17(11-9-16)24-23(25(31)18-12-13-22(35-2)21(29)15-18)26(32)27(33)30(24)20-7-5-6-19(14-20)28(34)36-3/h5-15,24,31H,4H2,1-3H3/b25-23+. The van der Waals surface area contributed by atoms with Crippen molar-refractivity contribution in [3.05, 3.63) is 99.0 Å². The highest BCUT2D eigenvalue weighted by atomic mass is 79.9. The molecular formula is C28H24BrNO6. The number of aryl methyl sites for hydroxylation is 1. The third kappa shape index (κ3) is 4.52. The van der Waals surface area contributed by atoms with E-state index in [1.165, 1.54) is 25.2 Å². The van der Waals surface area contributed by atoms with E-state index in [-0.39, 0.29) is 16.9 Å². The van der Waals surface area contributed by atoms with Gasteiger partial charge in [-0.05, 0) is 69.9 Å². The molecule has 184 valence electrons. The number of ether oxygens (including phenoxy) is 2. The fourth-order valence-corrected chi connectivity index (χ4v) is 4.76. The lowest BCUT2D eigenvalue weighted by atomic mass is 9.94. The van der Waals surface area contributed by atoms with Crippen LogP contribution in [-0.4, -0.2) is 37.0 Å². The summed E-state index contributed by atoms with van der Waals surface area (Å²) in [4.78, 5) is 40.2. The summed E-state index contributed by atoms with van der Waals surface area (Å²) in [6.07, 6.45) is 0.821. The van der Waals surface area contributed by atoms with E-state index in [1.807, 2.05) is 31.2 Å². The van der Waals surface area contributed by atoms with E-state index in [0.29, 0.717) is 27.0 Å². The Balaban J connectivity index is 1.93. The summed E-state index contributed by atoms with van der Waals surface area (Å²) < 4.78 is 10.7. The van der Waals surface area contributed by atoms with Crippen LogP contribution in [-0.2, 0) is 20.7 Å². The molecule has 1 saturated heterocycles. The predicted molar refractivity (Wildman–Crippen MR) is 139 cm³/mol. The number of halogens is 1. The number of nitrogens with zero attached hydrogens (tertiary/aromatic N) is 1. The molecule has 36 heavy (non-hydrogen) atoms. The summed E-state index contributed by atoms with van der Waals surface area (Å²) in [5.41, 5.74) is 2.59. The number of benzene rings is 3. The minimum Gasteiger partial charge on any atom is -0.507 e. The number of aliphatic hydroxyl groups excluding tert-OH is 1. The Bertz CT molecular complexity index is 1380. The predicted octanol–water partition coefficient (Wildman–Crippen LogP) is 5.43. The second-order valence-electron chi connectivity index (χ2n) is 8.16. The van der Waals surface area contributed by atoms with Crippen LogP contribution in [0.2, 0.25) is 0 Å². The van der Waals surface area contributed by atoms with Crippen molar-refractivity contribution in [2.45, 2.75) is 19.4 Å². The van der Waals surface area contributed by atoms with Gasteiger partial charge in [-0.25, -0.2) is 4.79 Å². The van der Waals surface area contributed by atoms with Crippen molar-refractivity contribution in [3.63, 3.8) is 0 Å². The third-order valence-electron chi connectivity index (χ3n) is 6.12. The Kier molecular flexibility index (Phi) is 7.26. The molecule has 0 bridgehead atoms. The van der Waals surface area contributed by atoms with Crippen LogP contribution in [0, 0.1) is 0 Å². The number of hydrogen-bond donors (Lipinski definition) is 1. The molecule has 0 saturated carbocycles. The highest BCUT2D eigenvalue weighted by Gasteiger charge is 2.47. The molecule has 7 nitrogen and oxygen atoms in total. The van der Waals surface area contributed by atoms with Gasteiger partial charge in [0, 0.05) is 11.3 Å². The molecule has 1 aliphatic heterocycles. The average molecular weight is 550 g/mol. The first-order valence-electron chi connectivity index (χ1n) is 11.2. The molecule has 3 aromatic carbocycles. The first-order chi connectivity index (χ1) is 17.3. The number of amides is 1. The summed E-state index contributed by atoms with van der Waals surface area (Å²) in [6, 6.07) is 17.8. The lowest BCUT2D eigenvalue weighted by molar-refractivity contribution is -0.132. The quantitative estimate of drug-likeness (QED) is 0.190. The zero-order valence-corrected chi connectivity index (χ0v) is 21.5. The van der Waals surface area contributed by atoms with Crippen molar-refractivity contribution in [2.24, 2.45) is 0 Å². The number of hydrogen-bond acceptors (Lipinski definition) is 6. The van der Waals surface area contributed by atoms with Crippen molar-refractivity contribution in [3.8, 4) is 5.75 Å². The van der Waals surface area contributed by atoms with Crippen LogP contribution in [0.4, 0.5) is 5.69 Å². The maximum absolute atomic E-state index is 13.4. The molecule has 0 aliphatic carbocycles. The number of Topliss-reactive ketones (excluding diaryl/α,β-unsaturated/α-hetero) is 1. The van der Waals surface area contributed by atoms with Crippen molar-refractivity contribution in [1.82, 2.24) is 0 Å². The summed E-state index contributed by atoms with van der Waals surface area (Å²) in [6.45, 7) is 2.03. The lowest BCUT2D eigenvalue weighted by Crippen LogP contribution is -2.29. The molecular weight excluding hydrogens is 526 g/mol. The van der Waals surface area contributed by atoms with Gasteiger partial charge in [0.2, 0.25) is 0 Å². The summed E-state index contributed by atoms with van der Waals surface area (Å²) in [7, 11) is 2.79. The zero-order chi connectivity index (χ0) is 26.0. The van der Waals surface area contributed by atoms with Crippen LogP contribution >= 0.6 is 15.9 Å². The minimum atomic E-state index is -0.912. The molecule has 1 fully saturated rings. The van der Waals surface area contributed by atoms with Crippen LogP contribution in [0.25, 0.3) is 5.76 Å². The summed E-state index contributed by atoms with van der Waals surface area (Å²) >= 11 is 3.40. The minimum absolute atomic E-state index is 0.0511. The van der Waals surface area contributed by atoms with E-state index in [4.69, 9.17) is 9.47 Å². The van der Waals surface area contributed by atoms with Gasteiger partial charge in [0.15, 0.2) is 0 Å². The van der Waals surface area contributed by atoms with E-state index >= 15 is 0 Å². The maximum Gasteiger partial charge on any atom is 0.337 e. The number of rotatable bonds is 6. The monoisotopic (exact) mass is 549 g/mol. The van der Waals surface area contributed by atoms with Crippen LogP contribution in [0.1, 0.15) is 40.0 Å². The van der Waals surface area contributed by atoms with Crippen LogP contribution in [0.3, 0.4) is 0 Å². The van der Waals surface area contributed by atoms with Gasteiger partial charge in [-0.1, -0.05) is 37.3 Å². The van der Waals surface area contributed by atoms with E-state index in [9.17, 15) is 19.5 Å². The lowest BCUT2D eigenvalue weighted by Gasteiger charge is -2.26. The highest BCUT2D eigenvalue weighted by molar-refractivity contribution is 9.10. The van der Waals surface area contributed by atoms with Gasteiger partial charge in [0.25, 0.3) is 11.7 Å². The number of ketones is 1. The van der Waals surface area contributed by atoms with Gasteiger partial charge in [0.05, 0.1) is 35.9 Å². The molecule has 4 rings (SSSR count). The molecule has 1 heterocycles. The topological polar surface area (TPSA) is 93.1 Å². The van der Waals surface area contributed by atoms with E-state index in [1.54, 1.807) is 36.4 Å². The van der Waals surface area contributed by atoms with E-state index in [0.717, 1.165) is 12.0 Å². The molecule has 1 aliphatic rings. The van der Waals surface area contributed by atoms with Gasteiger partial charge >= 0.3 is 5.97 Å². The second-order valence-corrected chi connectivity index (χ2v) is 9.01. The number of anilines is 1. The number of aliphatic hydroxyl groups is 1. The zero-order valence-electron chi connectivity index (χ0n) is 19.9. The Morgan fingerprint density at radius 3 is 2.33 bits per heavy atom. The third-order valence-corrected chi connectivity index (χ3v) is 6.74. The molecule has 1 atom stereocenters. The van der Waals surface area contributed by atoms with Crippen molar-refractivity contribution >= 4 is 45.0 Å². The Morgan fingerprint density at radius 2 is 1.72 bits per heavy atom. The molecule has 1 N–H and O–H groups in total. The average Bonchev–Trinajstić information content (AvgIpc) is 3.17. The van der Waals surface area contributed by atoms with Gasteiger partial charge < -0.3 is 14.6 Å². The van der Waals surface area contributed by atoms with Gasteiger partial charge in [-0.3, -0.25) is 14.5 Å². The number of carbonyl (C=O) groups excluding carboxylic acids is 3. The van der Waals surface area contributed by atoms with Crippen molar-refractivity contribution in [2.75, 3.05) is 19.1 Å². The molecule has 3 aromatic rings. The number of methoxy groups -OCH3 is 2. The molecule has 0 spiro atoms. The molecule has 1 unspecified atom stereocenters. The van der Waals surface area contributed by atoms with Gasteiger partial charge in [-0.15, -0.1) is 0 Å². The largest absolute Gasteiger partial charge is 0.507 e. The normalized spacial score (nSPS) is 16.8. The maximum atomic E-state index is 13.4. The van der Waals surface area contributed by atoms with Crippen LogP contribution in [0.15, 0.2) is 76.8 Å². The molecule has 1 amide bonds. The Morgan fingerprint density at radius 1 is 1.00 bits per heavy atom. The van der Waals surface area contributed by atoms with Crippen molar-refractivity contribution in [1.29, 1.82) is 0 Å². The van der Waals surface area contributed by atoms with E-state index in [2.05, 4.69) is 15.9 Å². The smallest absolute Gasteiger partial charge is 0.337 e. The van der Waals surface area contributed by atoms with Crippen molar-refractivity contribution < 1.29 is 29.0 Å². The number of esters is 1. The summed E-state index contributed by atoms with van der Waals surface area (Å²) in [5.74, 6) is -1.96. The van der Waals surface area contributed by atoms with Crippen LogP contribution in [0.5, 0.6) is 5.75 Å². The first kappa shape index (κ1) is 25.2. The molecule has 0 radical (unpaired) electrons. The SMILES string of the molecule is CCc1ccc(C2/C(=C(\O)c3ccc(OC)c(Br)c3)C(=O)C(=O)N2c2cccc(C(=O)OC)c2)cc1. The molecule has 8 heteroatoms. The Hall–Kier alpha value is -3.91. The van der Waals surface area contributed by atoms with Gasteiger partial charge in [0.1, 0.15) is 11.5 Å².